The standard InChI is InChI=1S/C16H26N4O2.C9H11N.C4H6F3NO.C2H4.2CH5N/c1-3-19(4-2)11-12-20(10-9-18-13-21)16(22)14-5-7-15(17)8-6-14;1-8-3-5-9(6-4-8)7-10-2;1-8-3-9-2-4(5,6)7;3*1-2/h5-8,13H,3-4,9-12,17H2,1-2H3,(H,18,21);3-6H,2,7H2,1H3;1-3H2;1-2H2;2*2H2,1H3. The van der Waals surface area contributed by atoms with Crippen LogP contribution in [0, 0.1) is 6.92 Å². The van der Waals surface area contributed by atoms with E-state index in [2.05, 4.69) is 108 Å². The van der Waals surface area contributed by atoms with E-state index < -0.39 is 12.8 Å². The fourth-order valence-corrected chi connectivity index (χ4v) is 3.23. The largest absolute Gasteiger partial charge is 0.411 e. The van der Waals surface area contributed by atoms with Crippen LogP contribution in [0.25, 0.3) is 0 Å². The zero-order chi connectivity index (χ0) is 37.1. The van der Waals surface area contributed by atoms with Crippen LogP contribution in [0.2, 0.25) is 0 Å². The van der Waals surface area contributed by atoms with Crippen LogP contribution < -0.4 is 22.5 Å². The maximum Gasteiger partial charge on any atom is 0.411 e. The Hall–Kier alpha value is -4.11. The van der Waals surface area contributed by atoms with Gasteiger partial charge in [-0.2, -0.15) is 13.2 Å². The number of hydrogen-bond donors (Lipinski definition) is 4. The SMILES string of the molecule is C=C.C=NCOCC(F)(F)F.C=NCc1ccc(C)cc1.CCN(CC)CCN(CCNC=O)C(=O)c1ccc(N)cc1.CN.CN. The Balaban J connectivity index is -0.000000307. The number of halogens is 3. The van der Waals surface area contributed by atoms with E-state index in [0.29, 0.717) is 37.3 Å². The molecule has 0 aliphatic carbocycles. The number of hydrogen-bond acceptors (Lipinski definition) is 9. The fraction of sp³-hybridized carbons (Fsp3) is 0.455. The van der Waals surface area contributed by atoms with Gasteiger partial charge in [0.25, 0.3) is 5.91 Å². The molecule has 47 heavy (non-hydrogen) atoms. The summed E-state index contributed by atoms with van der Waals surface area (Å²) in [6.45, 7) is 22.1. The highest BCUT2D eigenvalue weighted by atomic mass is 19.4. The van der Waals surface area contributed by atoms with Crippen molar-refractivity contribution >= 4 is 31.4 Å². The quantitative estimate of drug-likeness (QED) is 0.0726. The number of amides is 2. The van der Waals surface area contributed by atoms with Crippen molar-refractivity contribution in [3.63, 3.8) is 0 Å². The van der Waals surface area contributed by atoms with Gasteiger partial charge in [0.1, 0.15) is 13.3 Å². The van der Waals surface area contributed by atoms with Crippen LogP contribution in [0.5, 0.6) is 0 Å². The molecule has 0 spiro atoms. The predicted octanol–water partition coefficient (Wildman–Crippen LogP) is 4.17. The molecule has 268 valence electrons. The summed E-state index contributed by atoms with van der Waals surface area (Å²) in [5, 5.41) is 2.60. The molecule has 0 heterocycles. The zero-order valence-corrected chi connectivity index (χ0v) is 28.8. The number of nitrogen functional groups attached to an aromatic ring is 1. The van der Waals surface area contributed by atoms with Crippen LogP contribution >= 0.6 is 0 Å². The lowest BCUT2D eigenvalue weighted by Gasteiger charge is -2.26. The molecule has 2 aromatic carbocycles. The van der Waals surface area contributed by atoms with Gasteiger partial charge in [0.05, 0.1) is 6.54 Å². The first-order valence-corrected chi connectivity index (χ1v) is 14.8. The normalized spacial score (nSPS) is 9.43. The maximum absolute atomic E-state index is 12.6. The van der Waals surface area contributed by atoms with E-state index in [1.807, 2.05) is 0 Å². The molecule has 14 heteroatoms. The van der Waals surface area contributed by atoms with E-state index in [-0.39, 0.29) is 12.6 Å². The number of aryl methyl sites for hydroxylation is 1. The predicted molar refractivity (Wildman–Crippen MR) is 191 cm³/mol. The fourth-order valence-electron chi connectivity index (χ4n) is 3.23. The van der Waals surface area contributed by atoms with E-state index >= 15 is 0 Å². The van der Waals surface area contributed by atoms with E-state index in [9.17, 15) is 22.8 Å². The Morgan fingerprint density at radius 3 is 1.87 bits per heavy atom. The highest BCUT2D eigenvalue weighted by Gasteiger charge is 2.27. The molecular weight excluding hydrogens is 613 g/mol. The topological polar surface area (TPSA) is 165 Å². The molecule has 2 rings (SSSR count). The third-order valence-electron chi connectivity index (χ3n) is 5.50. The molecule has 0 atom stereocenters. The minimum atomic E-state index is -4.26. The lowest BCUT2D eigenvalue weighted by Crippen LogP contribution is -2.41. The van der Waals surface area contributed by atoms with Crippen LogP contribution in [0.3, 0.4) is 0 Å². The summed E-state index contributed by atoms with van der Waals surface area (Å²) in [5.74, 6) is -0.0418. The second-order valence-electron chi connectivity index (χ2n) is 8.70. The first-order valence-electron chi connectivity index (χ1n) is 14.8. The van der Waals surface area contributed by atoms with Gasteiger partial charge in [-0.1, -0.05) is 43.7 Å². The molecule has 0 aliphatic heterocycles. The van der Waals surface area contributed by atoms with Crippen molar-refractivity contribution in [3.05, 3.63) is 78.4 Å². The van der Waals surface area contributed by atoms with Gasteiger partial charge in [-0.05, 0) is 77.4 Å². The molecule has 0 aromatic heterocycles. The van der Waals surface area contributed by atoms with Gasteiger partial charge in [-0.3, -0.25) is 19.6 Å². The lowest BCUT2D eigenvalue weighted by atomic mass is 10.2. The van der Waals surface area contributed by atoms with Crippen molar-refractivity contribution in [1.29, 1.82) is 0 Å². The summed E-state index contributed by atoms with van der Waals surface area (Å²) in [4.78, 5) is 33.9. The number of ether oxygens (including phenoxy) is 1. The summed E-state index contributed by atoms with van der Waals surface area (Å²) in [7, 11) is 3.00. The lowest BCUT2D eigenvalue weighted by molar-refractivity contribution is -0.173. The molecule has 2 aromatic rings. The Morgan fingerprint density at radius 1 is 0.915 bits per heavy atom. The number of anilines is 1. The third-order valence-corrected chi connectivity index (χ3v) is 5.50. The highest BCUT2D eigenvalue weighted by Crippen LogP contribution is 2.14. The molecular formula is C33H57F3N8O3. The van der Waals surface area contributed by atoms with Crippen LogP contribution in [0.4, 0.5) is 18.9 Å². The van der Waals surface area contributed by atoms with Gasteiger partial charge in [-0.25, -0.2) is 0 Å². The minimum absolute atomic E-state index is 0.0418. The van der Waals surface area contributed by atoms with Crippen LogP contribution in [-0.2, 0) is 16.1 Å². The molecule has 11 nitrogen and oxygen atoms in total. The Kier molecular flexibility index (Phi) is 36.8. The summed E-state index contributed by atoms with van der Waals surface area (Å²) in [6, 6.07) is 15.2. The number of nitrogens with zero attached hydrogens (tertiary/aromatic N) is 4. The van der Waals surface area contributed by atoms with Crippen LogP contribution in [-0.4, -0.2) is 108 Å². The minimum Gasteiger partial charge on any atom is -0.399 e. The van der Waals surface area contributed by atoms with Gasteiger partial charge in [0, 0.05) is 37.4 Å². The van der Waals surface area contributed by atoms with Gasteiger partial charge < -0.3 is 37.1 Å². The number of aliphatic imine (C=N–C) groups is 2. The number of carbonyl (C=O) groups excluding carboxylic acids is 2. The number of benzene rings is 2. The van der Waals surface area contributed by atoms with Crippen molar-refractivity contribution in [2.24, 2.45) is 21.5 Å². The Bertz CT molecular complexity index is 1020. The molecule has 0 aliphatic rings. The number of rotatable bonds is 15. The summed E-state index contributed by atoms with van der Waals surface area (Å²) in [5.41, 5.74) is 18.4. The number of alkyl halides is 3. The molecule has 0 fully saturated rings. The van der Waals surface area contributed by atoms with Crippen molar-refractivity contribution in [2.45, 2.75) is 33.5 Å². The van der Waals surface area contributed by atoms with Gasteiger partial charge in [0.2, 0.25) is 6.41 Å². The smallest absolute Gasteiger partial charge is 0.399 e. The zero-order valence-electron chi connectivity index (χ0n) is 28.8. The van der Waals surface area contributed by atoms with E-state index in [4.69, 9.17) is 5.73 Å². The summed E-state index contributed by atoms with van der Waals surface area (Å²) < 4.78 is 37.6. The van der Waals surface area contributed by atoms with Crippen LogP contribution in [0.1, 0.15) is 35.3 Å². The Labute approximate surface area is 279 Å². The monoisotopic (exact) mass is 670 g/mol. The van der Waals surface area contributed by atoms with Crippen molar-refractivity contribution in [1.82, 2.24) is 15.1 Å². The number of likely N-dealkylation sites (N-methyl/N-ethyl adjacent to an activating group) is 1. The van der Waals surface area contributed by atoms with Crippen molar-refractivity contribution < 1.29 is 27.5 Å². The second-order valence-corrected chi connectivity index (χ2v) is 8.70. The molecule has 0 unspecified atom stereocenters. The van der Waals surface area contributed by atoms with Gasteiger partial charge >= 0.3 is 6.18 Å². The van der Waals surface area contributed by atoms with Gasteiger partial charge in [0.15, 0.2) is 0 Å². The van der Waals surface area contributed by atoms with E-state index in [1.54, 1.807) is 29.2 Å². The van der Waals surface area contributed by atoms with E-state index in [1.165, 1.54) is 25.2 Å². The molecule has 0 radical (unpaired) electrons. The molecule has 2 amide bonds. The first-order chi connectivity index (χ1) is 22.5. The average Bonchev–Trinajstić information content (AvgIpc) is 3.08. The maximum atomic E-state index is 12.6. The molecule has 0 saturated heterocycles. The number of carbonyl (C=O) groups is 2. The Morgan fingerprint density at radius 2 is 1.45 bits per heavy atom. The van der Waals surface area contributed by atoms with Crippen molar-refractivity contribution in [3.8, 4) is 0 Å². The summed E-state index contributed by atoms with van der Waals surface area (Å²) in [6.07, 6.45) is -3.61. The first kappa shape index (κ1) is 49.8. The number of nitrogens with two attached hydrogens (primary N) is 3. The summed E-state index contributed by atoms with van der Waals surface area (Å²) >= 11 is 0. The van der Waals surface area contributed by atoms with Crippen LogP contribution in [0.15, 0.2) is 71.7 Å². The second kappa shape index (κ2) is 34.8. The van der Waals surface area contributed by atoms with Gasteiger partial charge in [-0.15, -0.1) is 13.2 Å². The number of nitrogens with one attached hydrogen (secondary N) is 1. The van der Waals surface area contributed by atoms with E-state index in [0.717, 1.165) is 26.2 Å². The third kappa shape index (κ3) is 30.3. The highest BCUT2D eigenvalue weighted by molar-refractivity contribution is 5.94. The van der Waals surface area contributed by atoms with Crippen molar-refractivity contribution in [2.75, 3.05) is 72.4 Å². The average molecular weight is 671 g/mol. The molecule has 0 bridgehead atoms. The molecule has 0 saturated carbocycles. The molecule has 7 N–H and O–H groups in total.